The second-order valence-corrected chi connectivity index (χ2v) is 9.97. The van der Waals surface area contributed by atoms with Gasteiger partial charge in [-0.15, -0.1) is 0 Å². The van der Waals surface area contributed by atoms with Crippen molar-refractivity contribution in [1.82, 2.24) is 4.98 Å². The molecular formula is C34H28F3NO3. The van der Waals surface area contributed by atoms with E-state index in [4.69, 9.17) is 14.5 Å². The third-order valence-electron chi connectivity index (χ3n) is 7.14. The number of benzene rings is 4. The molecule has 5 rings (SSSR count). The van der Waals surface area contributed by atoms with Gasteiger partial charge in [0.25, 0.3) is 0 Å². The van der Waals surface area contributed by atoms with Crippen LogP contribution in [0.1, 0.15) is 53.0 Å². The van der Waals surface area contributed by atoms with E-state index in [0.29, 0.717) is 50.0 Å². The van der Waals surface area contributed by atoms with Gasteiger partial charge in [-0.25, -0.2) is 18.0 Å². The number of carbonyl (C=O) groups excluding carboxylic acids is 1. The number of methoxy groups -OCH3 is 2. The zero-order valence-corrected chi connectivity index (χ0v) is 23.0. The van der Waals surface area contributed by atoms with Crippen molar-refractivity contribution in [2.75, 3.05) is 14.2 Å². The topological polar surface area (TPSA) is 48.4 Å². The predicted molar refractivity (Wildman–Crippen MR) is 153 cm³/mol. The smallest absolute Gasteiger partial charge is 0.340 e. The number of esters is 1. The van der Waals surface area contributed by atoms with E-state index in [-0.39, 0.29) is 17.3 Å². The van der Waals surface area contributed by atoms with Gasteiger partial charge < -0.3 is 9.47 Å². The number of pyridine rings is 1. The summed E-state index contributed by atoms with van der Waals surface area (Å²) in [6.45, 7) is 3.92. The Labute approximate surface area is 236 Å². The maximum Gasteiger partial charge on any atom is 0.340 e. The molecule has 0 fully saturated rings. The molecule has 0 aliphatic heterocycles. The van der Waals surface area contributed by atoms with Gasteiger partial charge in [-0.3, -0.25) is 4.98 Å². The van der Waals surface area contributed by atoms with Gasteiger partial charge in [0, 0.05) is 29.2 Å². The van der Waals surface area contributed by atoms with Gasteiger partial charge in [-0.2, -0.15) is 0 Å². The second-order valence-electron chi connectivity index (χ2n) is 9.97. The number of rotatable bonds is 7. The quantitative estimate of drug-likeness (QED) is 0.189. The lowest BCUT2D eigenvalue weighted by Crippen LogP contribution is -2.18. The van der Waals surface area contributed by atoms with Crippen molar-refractivity contribution in [3.05, 3.63) is 125 Å². The Balaban J connectivity index is 1.96. The number of halogens is 3. The second kappa shape index (κ2) is 11.6. The molecule has 4 nitrogen and oxygen atoms in total. The average molecular weight is 556 g/mol. The van der Waals surface area contributed by atoms with E-state index in [1.165, 1.54) is 44.6 Å². The Morgan fingerprint density at radius 2 is 1.34 bits per heavy atom. The largest absolute Gasteiger partial charge is 0.465 e. The molecule has 0 radical (unpaired) electrons. The van der Waals surface area contributed by atoms with E-state index in [0.717, 1.165) is 0 Å². The normalized spacial score (nSPS) is 12.1. The summed E-state index contributed by atoms with van der Waals surface area (Å²) in [6, 6.07) is 21.6. The first-order chi connectivity index (χ1) is 19.7. The summed E-state index contributed by atoms with van der Waals surface area (Å²) < 4.78 is 54.2. The van der Waals surface area contributed by atoms with Crippen molar-refractivity contribution in [2.24, 2.45) is 0 Å². The van der Waals surface area contributed by atoms with Gasteiger partial charge in [-0.1, -0.05) is 56.3 Å². The van der Waals surface area contributed by atoms with E-state index in [1.807, 2.05) is 26.0 Å². The van der Waals surface area contributed by atoms with Gasteiger partial charge in [0.1, 0.15) is 23.6 Å². The molecule has 0 aliphatic rings. The molecule has 0 aliphatic carbocycles. The fourth-order valence-electron chi connectivity index (χ4n) is 5.27. The van der Waals surface area contributed by atoms with Crippen LogP contribution in [0.5, 0.6) is 0 Å². The minimum absolute atomic E-state index is 0.124. The molecule has 1 atom stereocenters. The Morgan fingerprint density at radius 3 is 1.90 bits per heavy atom. The number of fused-ring (bicyclic) bond motifs is 1. The zero-order chi connectivity index (χ0) is 29.3. The number of nitrogens with zero attached hydrogens (tertiary/aromatic N) is 1. The summed E-state index contributed by atoms with van der Waals surface area (Å²) in [7, 11) is 2.80. The minimum Gasteiger partial charge on any atom is -0.465 e. The standard InChI is InChI=1S/C34H28F3NO3/c1-19(2)31-29(33(40-3)26-17-18-27(37)25-8-6-5-7-24(25)26)28(20-9-13-22(35)14-10-20)30(34(39)41-4)32(38-31)21-11-15-23(36)16-12-21/h5-19,33H,1-4H3. The first kappa shape index (κ1) is 28.1. The summed E-state index contributed by atoms with van der Waals surface area (Å²) in [4.78, 5) is 18.6. The third kappa shape index (κ3) is 5.21. The van der Waals surface area contributed by atoms with Gasteiger partial charge in [0.15, 0.2) is 0 Å². The van der Waals surface area contributed by atoms with Crippen LogP contribution in [-0.4, -0.2) is 25.2 Å². The maximum atomic E-state index is 14.8. The van der Waals surface area contributed by atoms with Crippen LogP contribution in [0.4, 0.5) is 13.2 Å². The first-order valence-electron chi connectivity index (χ1n) is 13.1. The Hall–Kier alpha value is -4.49. The molecule has 0 saturated heterocycles. The summed E-state index contributed by atoms with van der Waals surface area (Å²) in [5.74, 6) is -2.09. The van der Waals surface area contributed by atoms with Crippen LogP contribution >= 0.6 is 0 Å². The average Bonchev–Trinajstić information content (AvgIpc) is 2.98. The highest BCUT2D eigenvalue weighted by Gasteiger charge is 2.33. The highest BCUT2D eigenvalue weighted by molar-refractivity contribution is 6.04. The van der Waals surface area contributed by atoms with Gasteiger partial charge in [0.05, 0.1) is 24.1 Å². The number of carbonyl (C=O) groups is 1. The molecule has 4 aromatic carbocycles. The number of aromatic nitrogens is 1. The summed E-state index contributed by atoms with van der Waals surface area (Å²) >= 11 is 0. The lowest BCUT2D eigenvalue weighted by Gasteiger charge is -2.28. The van der Waals surface area contributed by atoms with E-state index >= 15 is 0 Å². The molecule has 0 amide bonds. The van der Waals surface area contributed by atoms with Gasteiger partial charge in [0.2, 0.25) is 0 Å². The van der Waals surface area contributed by atoms with Gasteiger partial charge >= 0.3 is 5.97 Å². The van der Waals surface area contributed by atoms with Crippen molar-refractivity contribution >= 4 is 16.7 Å². The fraction of sp³-hybridized carbons (Fsp3) is 0.176. The van der Waals surface area contributed by atoms with E-state index < -0.39 is 23.7 Å². The Morgan fingerprint density at radius 1 is 0.756 bits per heavy atom. The number of hydrogen-bond donors (Lipinski definition) is 0. The highest BCUT2D eigenvalue weighted by Crippen LogP contribution is 2.45. The van der Waals surface area contributed by atoms with Crippen molar-refractivity contribution in [2.45, 2.75) is 25.9 Å². The Bertz CT molecular complexity index is 1730. The maximum absolute atomic E-state index is 14.8. The SMILES string of the molecule is COC(=O)c1c(-c2ccc(F)cc2)nc(C(C)C)c(C(OC)c2ccc(F)c3ccccc23)c1-c1ccc(F)cc1. The molecule has 0 N–H and O–H groups in total. The van der Waals surface area contributed by atoms with Crippen molar-refractivity contribution in [3.63, 3.8) is 0 Å². The molecule has 5 aromatic rings. The van der Waals surface area contributed by atoms with Crippen LogP contribution in [0, 0.1) is 17.5 Å². The van der Waals surface area contributed by atoms with Crippen molar-refractivity contribution in [3.8, 4) is 22.4 Å². The van der Waals surface area contributed by atoms with Crippen molar-refractivity contribution in [1.29, 1.82) is 0 Å². The van der Waals surface area contributed by atoms with Crippen LogP contribution in [0.2, 0.25) is 0 Å². The van der Waals surface area contributed by atoms with Crippen LogP contribution < -0.4 is 0 Å². The third-order valence-corrected chi connectivity index (χ3v) is 7.14. The molecule has 7 heteroatoms. The number of hydrogen-bond acceptors (Lipinski definition) is 4. The lowest BCUT2D eigenvalue weighted by atomic mass is 9.83. The van der Waals surface area contributed by atoms with Crippen LogP contribution in [-0.2, 0) is 9.47 Å². The van der Waals surface area contributed by atoms with Crippen LogP contribution in [0.15, 0.2) is 84.9 Å². The molecule has 1 heterocycles. The highest BCUT2D eigenvalue weighted by atomic mass is 19.1. The van der Waals surface area contributed by atoms with Crippen molar-refractivity contribution < 1.29 is 27.4 Å². The summed E-state index contributed by atoms with van der Waals surface area (Å²) in [5, 5.41) is 1.06. The zero-order valence-electron chi connectivity index (χ0n) is 23.0. The molecular weight excluding hydrogens is 527 g/mol. The van der Waals surface area contributed by atoms with Crippen LogP contribution in [0.3, 0.4) is 0 Å². The summed E-state index contributed by atoms with van der Waals surface area (Å²) in [6.07, 6.45) is -0.795. The van der Waals surface area contributed by atoms with E-state index in [2.05, 4.69) is 0 Å². The minimum atomic E-state index is -0.795. The fourth-order valence-corrected chi connectivity index (χ4v) is 5.27. The van der Waals surface area contributed by atoms with E-state index in [9.17, 15) is 18.0 Å². The first-order valence-corrected chi connectivity index (χ1v) is 13.1. The monoisotopic (exact) mass is 555 g/mol. The van der Waals surface area contributed by atoms with Gasteiger partial charge in [-0.05, 0) is 64.9 Å². The molecule has 41 heavy (non-hydrogen) atoms. The lowest BCUT2D eigenvalue weighted by molar-refractivity contribution is 0.0601. The molecule has 1 aromatic heterocycles. The molecule has 0 spiro atoms. The van der Waals surface area contributed by atoms with E-state index in [1.54, 1.807) is 42.5 Å². The predicted octanol–water partition coefficient (Wildman–Crippen LogP) is 8.63. The van der Waals surface area contributed by atoms with Crippen LogP contribution in [0.25, 0.3) is 33.2 Å². The molecule has 0 bridgehead atoms. The molecule has 208 valence electrons. The Kier molecular flexibility index (Phi) is 7.90. The number of ether oxygens (including phenoxy) is 2. The molecule has 1 unspecified atom stereocenters. The summed E-state index contributed by atoms with van der Waals surface area (Å²) in [5.41, 5.74) is 3.74. The molecule has 0 saturated carbocycles.